The van der Waals surface area contributed by atoms with Crippen LogP contribution in [-0.2, 0) is 0 Å². The number of nitrogens with one attached hydrogen (secondary N) is 1. The summed E-state index contributed by atoms with van der Waals surface area (Å²) in [6, 6.07) is 29.1. The highest BCUT2D eigenvalue weighted by atomic mass is 14.9. The molecule has 0 aliphatic carbocycles. The maximum atomic E-state index is 4.92. The van der Waals surface area contributed by atoms with E-state index in [2.05, 4.69) is 65.7 Å². The molecule has 0 unspecified atom stereocenters. The van der Waals surface area contributed by atoms with Crippen molar-refractivity contribution in [3.05, 3.63) is 96.1 Å². The zero-order valence-electron chi connectivity index (χ0n) is 12.7. The SMILES string of the molecule is c1ccc(C2=Nc3ccccc3[NH+]=C(c3ccccc3)C2)cc1. The van der Waals surface area contributed by atoms with Gasteiger partial charge in [-0.2, -0.15) is 0 Å². The Balaban J connectivity index is 1.87. The Kier molecular flexibility index (Phi) is 3.57. The Morgan fingerprint density at radius 1 is 0.652 bits per heavy atom. The minimum absolute atomic E-state index is 0.780. The van der Waals surface area contributed by atoms with Gasteiger partial charge >= 0.3 is 0 Å². The summed E-state index contributed by atoms with van der Waals surface area (Å²) in [6.45, 7) is 0. The number of para-hydroxylation sites is 2. The van der Waals surface area contributed by atoms with Gasteiger partial charge in [0.05, 0.1) is 12.1 Å². The molecule has 0 amide bonds. The summed E-state index contributed by atoms with van der Waals surface area (Å²) in [4.78, 5) is 8.50. The maximum Gasteiger partial charge on any atom is 0.229 e. The molecule has 1 aliphatic heterocycles. The first kappa shape index (κ1) is 13.6. The maximum absolute atomic E-state index is 4.92. The standard InChI is InChI=1S/C21H16N2/c1-3-9-16(10-4-1)20-15-21(17-11-5-2-6-12-17)23-19-14-8-7-13-18(19)22-20/h1-14H,15H2/p+1. The van der Waals surface area contributed by atoms with Crippen LogP contribution < -0.4 is 4.99 Å². The lowest BCUT2D eigenvalue weighted by Gasteiger charge is -2.04. The van der Waals surface area contributed by atoms with E-state index in [4.69, 9.17) is 4.99 Å². The Bertz CT molecular complexity index is 803. The smallest absolute Gasteiger partial charge is 0.229 e. The average Bonchev–Trinajstić information content (AvgIpc) is 2.83. The van der Waals surface area contributed by atoms with Crippen molar-refractivity contribution in [3.63, 3.8) is 0 Å². The van der Waals surface area contributed by atoms with E-state index in [1.807, 2.05) is 24.3 Å². The fraction of sp³-hybridized carbons (Fsp3) is 0.0476. The second-order valence-corrected chi connectivity index (χ2v) is 5.59. The molecule has 0 saturated heterocycles. The number of hydrogen-bond donors (Lipinski definition) is 1. The van der Waals surface area contributed by atoms with Crippen LogP contribution in [0.2, 0.25) is 0 Å². The van der Waals surface area contributed by atoms with E-state index in [0.717, 1.165) is 23.5 Å². The van der Waals surface area contributed by atoms with Gasteiger partial charge in [0.2, 0.25) is 5.69 Å². The third kappa shape index (κ3) is 2.84. The molecule has 0 radical (unpaired) electrons. The van der Waals surface area contributed by atoms with Crippen LogP contribution in [0.1, 0.15) is 17.5 Å². The van der Waals surface area contributed by atoms with Gasteiger partial charge in [0.1, 0.15) is 5.69 Å². The lowest BCUT2D eigenvalue weighted by atomic mass is 10.00. The molecule has 23 heavy (non-hydrogen) atoms. The summed E-state index contributed by atoms with van der Waals surface area (Å²) >= 11 is 0. The molecule has 3 aromatic rings. The lowest BCUT2D eigenvalue weighted by molar-refractivity contribution is -0.352. The van der Waals surface area contributed by atoms with Crippen LogP contribution in [0.25, 0.3) is 0 Å². The van der Waals surface area contributed by atoms with Crippen LogP contribution in [-0.4, -0.2) is 11.4 Å². The van der Waals surface area contributed by atoms with Crippen molar-refractivity contribution in [3.8, 4) is 0 Å². The van der Waals surface area contributed by atoms with Gasteiger partial charge in [0, 0.05) is 11.6 Å². The van der Waals surface area contributed by atoms with E-state index in [9.17, 15) is 0 Å². The molecule has 0 spiro atoms. The highest BCUT2D eigenvalue weighted by molar-refractivity contribution is 6.17. The first-order valence-corrected chi connectivity index (χ1v) is 7.80. The van der Waals surface area contributed by atoms with Crippen LogP contribution in [0, 0.1) is 0 Å². The number of aliphatic imine (C=N–C) groups is 1. The molecule has 0 atom stereocenters. The molecule has 1 N–H and O–H groups in total. The number of fused-ring (bicyclic) bond motifs is 1. The van der Waals surface area contributed by atoms with Gasteiger partial charge in [-0.05, 0) is 23.8 Å². The largest absolute Gasteiger partial charge is 0.245 e. The van der Waals surface area contributed by atoms with E-state index in [1.165, 1.54) is 16.8 Å². The second-order valence-electron chi connectivity index (χ2n) is 5.59. The second kappa shape index (κ2) is 6.01. The van der Waals surface area contributed by atoms with Crippen LogP contribution in [0.15, 0.2) is 89.9 Å². The van der Waals surface area contributed by atoms with Gasteiger partial charge in [0.25, 0.3) is 0 Å². The summed E-state index contributed by atoms with van der Waals surface area (Å²) in [5, 5.41) is 0. The first-order chi connectivity index (χ1) is 11.4. The molecular formula is C21H17N2+. The van der Waals surface area contributed by atoms with Gasteiger partial charge < -0.3 is 0 Å². The quantitative estimate of drug-likeness (QED) is 0.750. The topological polar surface area (TPSA) is 26.3 Å². The molecule has 110 valence electrons. The fourth-order valence-electron chi connectivity index (χ4n) is 2.85. The Labute approximate surface area is 135 Å². The van der Waals surface area contributed by atoms with E-state index >= 15 is 0 Å². The number of hydrogen-bond acceptors (Lipinski definition) is 1. The Morgan fingerprint density at radius 2 is 1.26 bits per heavy atom. The number of rotatable bonds is 2. The minimum Gasteiger partial charge on any atom is -0.245 e. The van der Waals surface area contributed by atoms with Crippen LogP contribution in [0.5, 0.6) is 0 Å². The Hall–Kier alpha value is -3.00. The van der Waals surface area contributed by atoms with E-state index in [1.54, 1.807) is 0 Å². The minimum atomic E-state index is 0.780. The van der Waals surface area contributed by atoms with E-state index in [-0.39, 0.29) is 0 Å². The first-order valence-electron chi connectivity index (χ1n) is 7.80. The fourth-order valence-corrected chi connectivity index (χ4v) is 2.85. The molecule has 1 heterocycles. The average molecular weight is 297 g/mol. The molecule has 0 aromatic heterocycles. The van der Waals surface area contributed by atoms with E-state index < -0.39 is 0 Å². The monoisotopic (exact) mass is 297 g/mol. The number of benzene rings is 3. The van der Waals surface area contributed by atoms with Crippen molar-refractivity contribution < 1.29 is 4.99 Å². The lowest BCUT2D eigenvalue weighted by Crippen LogP contribution is -2.66. The van der Waals surface area contributed by atoms with Crippen molar-refractivity contribution in [2.45, 2.75) is 6.42 Å². The summed E-state index contributed by atoms with van der Waals surface area (Å²) in [5.74, 6) is 0. The van der Waals surface area contributed by atoms with Crippen molar-refractivity contribution in [1.29, 1.82) is 0 Å². The van der Waals surface area contributed by atoms with Crippen molar-refractivity contribution in [1.82, 2.24) is 0 Å². The third-order valence-electron chi connectivity index (χ3n) is 4.02. The van der Waals surface area contributed by atoms with Gasteiger partial charge in [-0.1, -0.05) is 60.7 Å². The van der Waals surface area contributed by atoms with Crippen LogP contribution in [0.3, 0.4) is 0 Å². The van der Waals surface area contributed by atoms with Crippen molar-refractivity contribution >= 4 is 22.8 Å². The highest BCUT2D eigenvalue weighted by Crippen LogP contribution is 2.24. The molecule has 4 rings (SSSR count). The summed E-state index contributed by atoms with van der Waals surface area (Å²) in [7, 11) is 0. The van der Waals surface area contributed by atoms with Gasteiger partial charge in [-0.25, -0.2) is 9.98 Å². The molecule has 3 aromatic carbocycles. The molecule has 2 heteroatoms. The van der Waals surface area contributed by atoms with Gasteiger partial charge in [-0.3, -0.25) is 0 Å². The Morgan fingerprint density at radius 3 is 2.00 bits per heavy atom. The highest BCUT2D eigenvalue weighted by Gasteiger charge is 2.20. The molecular weight excluding hydrogens is 280 g/mol. The van der Waals surface area contributed by atoms with Gasteiger partial charge in [-0.15, -0.1) is 0 Å². The molecule has 2 nitrogen and oxygen atoms in total. The third-order valence-corrected chi connectivity index (χ3v) is 4.02. The predicted molar refractivity (Wildman–Crippen MR) is 94.9 cm³/mol. The molecule has 1 aliphatic rings. The zero-order chi connectivity index (χ0) is 15.5. The van der Waals surface area contributed by atoms with Crippen LogP contribution >= 0.6 is 0 Å². The molecule has 0 saturated carbocycles. The van der Waals surface area contributed by atoms with Crippen molar-refractivity contribution in [2.24, 2.45) is 4.99 Å². The van der Waals surface area contributed by atoms with Crippen LogP contribution in [0.4, 0.5) is 11.4 Å². The summed E-state index contributed by atoms with van der Waals surface area (Å²) in [5.41, 5.74) is 6.67. The normalized spacial score (nSPS) is 13.6. The van der Waals surface area contributed by atoms with Gasteiger partial charge in [0.15, 0.2) is 5.71 Å². The predicted octanol–water partition coefficient (Wildman–Crippen LogP) is 3.41. The zero-order valence-corrected chi connectivity index (χ0v) is 12.7. The van der Waals surface area contributed by atoms with Crippen molar-refractivity contribution in [2.75, 3.05) is 0 Å². The summed E-state index contributed by atoms with van der Waals surface area (Å²) < 4.78 is 0. The molecule has 0 bridgehead atoms. The number of nitrogens with zero attached hydrogens (tertiary/aromatic N) is 1. The molecule has 0 fully saturated rings. The van der Waals surface area contributed by atoms with E-state index in [0.29, 0.717) is 0 Å². The summed E-state index contributed by atoms with van der Waals surface area (Å²) in [6.07, 6.45) is 0.780.